The van der Waals surface area contributed by atoms with Crippen LogP contribution in [0.2, 0.25) is 0 Å². The van der Waals surface area contributed by atoms with Gasteiger partial charge in [-0.1, -0.05) is 66.7 Å². The summed E-state index contributed by atoms with van der Waals surface area (Å²) in [7, 11) is 0. The number of carbonyl (C=O) groups is 1. The van der Waals surface area contributed by atoms with Gasteiger partial charge in [-0.2, -0.15) is 0 Å². The van der Waals surface area contributed by atoms with Crippen LogP contribution in [0.25, 0.3) is 21.5 Å². The number of carbonyl (C=O) groups excluding carboxylic acids is 1. The fourth-order valence-corrected chi connectivity index (χ4v) is 3.13. The van der Waals surface area contributed by atoms with Gasteiger partial charge in [-0.05, 0) is 34.4 Å². The van der Waals surface area contributed by atoms with Gasteiger partial charge in [0.25, 0.3) is 5.91 Å². The first-order chi connectivity index (χ1) is 13.8. The molecular formula is C24H21NO3. The lowest BCUT2D eigenvalue weighted by Gasteiger charge is -2.11. The number of rotatable bonds is 7. The van der Waals surface area contributed by atoms with Gasteiger partial charge in [0.2, 0.25) is 0 Å². The Balaban J connectivity index is 1.24. The molecule has 0 saturated carbocycles. The molecule has 4 heteroatoms. The van der Waals surface area contributed by atoms with Crippen LogP contribution < -0.4 is 14.8 Å². The average molecular weight is 371 g/mol. The standard InChI is InChI=1S/C24H21NO3/c26-24(17-28-23-11-5-9-19-7-3-4-10-22(19)23)25-14-15-27-21-13-12-18-6-1-2-8-20(18)16-21/h1-13,16H,14-15,17H2,(H,25,26). The zero-order valence-corrected chi connectivity index (χ0v) is 15.4. The van der Waals surface area contributed by atoms with Crippen LogP contribution in [0.4, 0.5) is 0 Å². The number of hydrogen-bond donors (Lipinski definition) is 1. The quantitative estimate of drug-likeness (QED) is 0.484. The Kier molecular flexibility index (Phi) is 5.38. The number of benzene rings is 4. The lowest BCUT2D eigenvalue weighted by molar-refractivity contribution is -0.123. The van der Waals surface area contributed by atoms with Gasteiger partial charge < -0.3 is 14.8 Å². The SMILES string of the molecule is O=C(COc1cccc2ccccc12)NCCOc1ccc2ccccc2c1. The minimum atomic E-state index is -0.171. The molecule has 0 spiro atoms. The van der Waals surface area contributed by atoms with Gasteiger partial charge in [-0.3, -0.25) is 4.79 Å². The molecule has 0 aromatic heterocycles. The average Bonchev–Trinajstić information content (AvgIpc) is 2.75. The number of fused-ring (bicyclic) bond motifs is 2. The van der Waals surface area contributed by atoms with Crippen molar-refractivity contribution in [3.8, 4) is 11.5 Å². The summed E-state index contributed by atoms with van der Waals surface area (Å²) in [5, 5.41) is 7.21. The van der Waals surface area contributed by atoms with Crippen molar-refractivity contribution < 1.29 is 14.3 Å². The van der Waals surface area contributed by atoms with Crippen molar-refractivity contribution >= 4 is 27.5 Å². The predicted octanol–water partition coefficient (Wildman–Crippen LogP) is 4.57. The molecule has 140 valence electrons. The van der Waals surface area contributed by atoms with E-state index >= 15 is 0 Å². The zero-order chi connectivity index (χ0) is 19.2. The molecule has 0 saturated heterocycles. The smallest absolute Gasteiger partial charge is 0.258 e. The molecule has 28 heavy (non-hydrogen) atoms. The fourth-order valence-electron chi connectivity index (χ4n) is 3.13. The number of hydrogen-bond acceptors (Lipinski definition) is 3. The second-order valence-electron chi connectivity index (χ2n) is 6.47. The molecule has 0 atom stereocenters. The minimum Gasteiger partial charge on any atom is -0.492 e. The highest BCUT2D eigenvalue weighted by molar-refractivity contribution is 5.88. The number of ether oxygens (including phenoxy) is 2. The Labute approximate surface area is 163 Å². The molecular weight excluding hydrogens is 350 g/mol. The van der Waals surface area contributed by atoms with E-state index < -0.39 is 0 Å². The first kappa shape index (κ1) is 17.9. The van der Waals surface area contributed by atoms with E-state index in [1.54, 1.807) is 0 Å². The molecule has 0 bridgehead atoms. The van der Waals surface area contributed by atoms with Gasteiger partial charge in [0.15, 0.2) is 6.61 Å². The van der Waals surface area contributed by atoms with Gasteiger partial charge in [0, 0.05) is 5.39 Å². The lowest BCUT2D eigenvalue weighted by Crippen LogP contribution is -2.32. The van der Waals surface area contributed by atoms with Gasteiger partial charge in [0.1, 0.15) is 18.1 Å². The van der Waals surface area contributed by atoms with Gasteiger partial charge in [-0.25, -0.2) is 0 Å². The van der Waals surface area contributed by atoms with Crippen LogP contribution >= 0.6 is 0 Å². The van der Waals surface area contributed by atoms with Crippen molar-refractivity contribution in [1.82, 2.24) is 5.32 Å². The summed E-state index contributed by atoms with van der Waals surface area (Å²) in [6, 6.07) is 27.9. The Morgan fingerprint density at radius 2 is 1.50 bits per heavy atom. The van der Waals surface area contributed by atoms with E-state index in [0.717, 1.165) is 21.9 Å². The van der Waals surface area contributed by atoms with Crippen molar-refractivity contribution in [2.75, 3.05) is 19.8 Å². The Morgan fingerprint density at radius 1 is 0.750 bits per heavy atom. The second kappa shape index (κ2) is 8.44. The predicted molar refractivity (Wildman–Crippen MR) is 112 cm³/mol. The Morgan fingerprint density at radius 3 is 2.39 bits per heavy atom. The molecule has 0 aliphatic heterocycles. The third kappa shape index (κ3) is 4.23. The minimum absolute atomic E-state index is 0.0238. The van der Waals surface area contributed by atoms with E-state index in [1.807, 2.05) is 72.8 Å². The molecule has 0 radical (unpaired) electrons. The van der Waals surface area contributed by atoms with Crippen molar-refractivity contribution in [3.63, 3.8) is 0 Å². The van der Waals surface area contributed by atoms with Crippen LogP contribution in [0.15, 0.2) is 84.9 Å². The molecule has 0 fully saturated rings. The Bertz CT molecular complexity index is 1100. The monoisotopic (exact) mass is 371 g/mol. The van der Waals surface area contributed by atoms with E-state index in [2.05, 4.69) is 17.4 Å². The van der Waals surface area contributed by atoms with Gasteiger partial charge >= 0.3 is 0 Å². The number of nitrogens with one attached hydrogen (secondary N) is 1. The summed E-state index contributed by atoms with van der Waals surface area (Å²) in [5.41, 5.74) is 0. The van der Waals surface area contributed by atoms with Crippen molar-refractivity contribution in [3.05, 3.63) is 84.9 Å². The van der Waals surface area contributed by atoms with Crippen molar-refractivity contribution in [2.45, 2.75) is 0 Å². The van der Waals surface area contributed by atoms with Crippen LogP contribution in [-0.2, 0) is 4.79 Å². The molecule has 0 aliphatic carbocycles. The molecule has 4 nitrogen and oxygen atoms in total. The molecule has 4 aromatic carbocycles. The van der Waals surface area contributed by atoms with Crippen LogP contribution in [0.5, 0.6) is 11.5 Å². The van der Waals surface area contributed by atoms with Gasteiger partial charge in [0.05, 0.1) is 6.54 Å². The van der Waals surface area contributed by atoms with Crippen LogP contribution in [0, 0.1) is 0 Å². The molecule has 0 aliphatic rings. The van der Waals surface area contributed by atoms with Crippen LogP contribution in [0.1, 0.15) is 0 Å². The fraction of sp³-hybridized carbons (Fsp3) is 0.125. The van der Waals surface area contributed by atoms with Gasteiger partial charge in [-0.15, -0.1) is 0 Å². The summed E-state index contributed by atoms with van der Waals surface area (Å²) in [6.45, 7) is 0.798. The highest BCUT2D eigenvalue weighted by Crippen LogP contribution is 2.25. The first-order valence-corrected chi connectivity index (χ1v) is 9.28. The topological polar surface area (TPSA) is 47.6 Å². The Hall–Kier alpha value is -3.53. The van der Waals surface area contributed by atoms with E-state index in [0.29, 0.717) is 18.9 Å². The third-order valence-corrected chi connectivity index (χ3v) is 4.52. The molecule has 4 aromatic rings. The van der Waals surface area contributed by atoms with E-state index in [4.69, 9.17) is 9.47 Å². The second-order valence-corrected chi connectivity index (χ2v) is 6.47. The lowest BCUT2D eigenvalue weighted by atomic mass is 10.1. The van der Waals surface area contributed by atoms with Crippen molar-refractivity contribution in [1.29, 1.82) is 0 Å². The highest BCUT2D eigenvalue weighted by Gasteiger charge is 2.05. The summed E-state index contributed by atoms with van der Waals surface area (Å²) >= 11 is 0. The summed E-state index contributed by atoms with van der Waals surface area (Å²) in [4.78, 5) is 12.0. The maximum atomic E-state index is 12.0. The summed E-state index contributed by atoms with van der Waals surface area (Å²) < 4.78 is 11.4. The van der Waals surface area contributed by atoms with E-state index in [1.165, 1.54) is 5.39 Å². The number of amides is 1. The van der Waals surface area contributed by atoms with E-state index in [-0.39, 0.29) is 12.5 Å². The molecule has 4 rings (SSSR count). The summed E-state index contributed by atoms with van der Waals surface area (Å²) in [5.74, 6) is 1.33. The van der Waals surface area contributed by atoms with E-state index in [9.17, 15) is 4.79 Å². The van der Waals surface area contributed by atoms with Crippen molar-refractivity contribution in [2.24, 2.45) is 0 Å². The normalized spacial score (nSPS) is 10.7. The summed E-state index contributed by atoms with van der Waals surface area (Å²) in [6.07, 6.45) is 0. The maximum absolute atomic E-state index is 12.0. The molecule has 1 N–H and O–H groups in total. The first-order valence-electron chi connectivity index (χ1n) is 9.28. The molecule has 1 amide bonds. The largest absolute Gasteiger partial charge is 0.492 e. The van der Waals surface area contributed by atoms with Crippen LogP contribution in [0.3, 0.4) is 0 Å². The molecule has 0 heterocycles. The third-order valence-electron chi connectivity index (χ3n) is 4.52. The highest BCUT2D eigenvalue weighted by atomic mass is 16.5. The molecule has 0 unspecified atom stereocenters. The zero-order valence-electron chi connectivity index (χ0n) is 15.4. The van der Waals surface area contributed by atoms with Crippen LogP contribution in [-0.4, -0.2) is 25.7 Å². The maximum Gasteiger partial charge on any atom is 0.258 e.